The molecule has 0 saturated heterocycles. The number of ether oxygens (including phenoxy) is 1. The number of carbonyl (C=O) groups excluding carboxylic acids is 1. The van der Waals surface area contributed by atoms with E-state index >= 15 is 0 Å². The highest BCUT2D eigenvalue weighted by atomic mass is 19.1. The second-order valence-electron chi connectivity index (χ2n) is 3.82. The third kappa shape index (κ3) is 4.46. The Balaban J connectivity index is 2.68. The number of anilines is 1. The molecule has 0 aliphatic rings. The van der Waals surface area contributed by atoms with Crippen LogP contribution in [0.25, 0.3) is 0 Å². The lowest BCUT2D eigenvalue weighted by molar-refractivity contribution is -0.141. The zero-order chi connectivity index (χ0) is 14.4. The predicted molar refractivity (Wildman–Crippen MR) is 66.7 cm³/mol. The molecule has 1 unspecified atom stereocenters. The van der Waals surface area contributed by atoms with Crippen LogP contribution in [0.5, 0.6) is 5.75 Å². The Morgan fingerprint density at radius 1 is 1.47 bits per heavy atom. The van der Waals surface area contributed by atoms with Gasteiger partial charge in [-0.15, -0.1) is 0 Å². The van der Waals surface area contributed by atoms with Crippen LogP contribution in [0, 0.1) is 5.82 Å². The SMILES string of the molecule is COc1cc(NCC(NC(C)=O)C(=O)O)ccc1F. The lowest BCUT2D eigenvalue weighted by Crippen LogP contribution is -2.44. The normalized spacial score (nSPS) is 11.5. The van der Waals surface area contributed by atoms with Gasteiger partial charge in [-0.2, -0.15) is 0 Å². The Kier molecular flexibility index (Phi) is 5.11. The van der Waals surface area contributed by atoms with Crippen molar-refractivity contribution in [2.24, 2.45) is 0 Å². The number of halogens is 1. The molecule has 3 N–H and O–H groups in total. The molecule has 1 amide bonds. The Hall–Kier alpha value is -2.31. The van der Waals surface area contributed by atoms with Crippen LogP contribution in [0.2, 0.25) is 0 Å². The van der Waals surface area contributed by atoms with Crippen molar-refractivity contribution >= 4 is 17.6 Å². The molecule has 0 saturated carbocycles. The second-order valence-corrected chi connectivity index (χ2v) is 3.82. The molecule has 104 valence electrons. The third-order valence-corrected chi connectivity index (χ3v) is 2.34. The van der Waals surface area contributed by atoms with Crippen molar-refractivity contribution in [3.63, 3.8) is 0 Å². The maximum absolute atomic E-state index is 13.2. The quantitative estimate of drug-likeness (QED) is 0.713. The van der Waals surface area contributed by atoms with Crippen molar-refractivity contribution in [3.05, 3.63) is 24.0 Å². The Morgan fingerprint density at radius 2 is 2.16 bits per heavy atom. The first-order chi connectivity index (χ1) is 8.93. The van der Waals surface area contributed by atoms with Crippen LogP contribution >= 0.6 is 0 Å². The fraction of sp³-hybridized carbons (Fsp3) is 0.333. The lowest BCUT2D eigenvalue weighted by atomic mass is 10.2. The van der Waals surface area contributed by atoms with Crippen LogP contribution in [-0.4, -0.2) is 36.7 Å². The molecule has 1 aromatic carbocycles. The van der Waals surface area contributed by atoms with E-state index in [9.17, 15) is 14.0 Å². The highest BCUT2D eigenvalue weighted by Crippen LogP contribution is 2.21. The van der Waals surface area contributed by atoms with Gasteiger partial charge in [0.25, 0.3) is 0 Å². The first-order valence-electron chi connectivity index (χ1n) is 5.51. The number of amides is 1. The molecule has 7 heteroatoms. The smallest absolute Gasteiger partial charge is 0.328 e. The molecule has 0 spiro atoms. The van der Waals surface area contributed by atoms with Gasteiger partial charge in [-0.3, -0.25) is 4.79 Å². The van der Waals surface area contributed by atoms with E-state index in [1.807, 2.05) is 0 Å². The molecule has 0 aliphatic heterocycles. The van der Waals surface area contributed by atoms with E-state index in [-0.39, 0.29) is 12.3 Å². The summed E-state index contributed by atoms with van der Waals surface area (Å²) in [4.78, 5) is 21.7. The molecular formula is C12H15FN2O4. The predicted octanol–water partition coefficient (Wildman–Crippen LogP) is 0.835. The van der Waals surface area contributed by atoms with Crippen molar-refractivity contribution in [1.82, 2.24) is 5.32 Å². The number of hydrogen-bond acceptors (Lipinski definition) is 4. The number of aliphatic carboxylic acids is 1. The summed E-state index contributed by atoms with van der Waals surface area (Å²) in [5, 5.41) is 14.0. The summed E-state index contributed by atoms with van der Waals surface area (Å²) < 4.78 is 18.0. The van der Waals surface area contributed by atoms with Crippen molar-refractivity contribution in [3.8, 4) is 5.75 Å². The van der Waals surface area contributed by atoms with Gasteiger partial charge in [0.15, 0.2) is 11.6 Å². The fourth-order valence-electron chi connectivity index (χ4n) is 1.44. The van der Waals surface area contributed by atoms with E-state index in [4.69, 9.17) is 9.84 Å². The topological polar surface area (TPSA) is 87.7 Å². The summed E-state index contributed by atoms with van der Waals surface area (Å²) >= 11 is 0. The van der Waals surface area contributed by atoms with Gasteiger partial charge in [-0.05, 0) is 12.1 Å². The van der Waals surface area contributed by atoms with Crippen molar-refractivity contribution in [1.29, 1.82) is 0 Å². The average molecular weight is 270 g/mol. The minimum atomic E-state index is -1.16. The van der Waals surface area contributed by atoms with Gasteiger partial charge >= 0.3 is 5.97 Å². The molecule has 1 atom stereocenters. The zero-order valence-corrected chi connectivity index (χ0v) is 10.6. The summed E-state index contributed by atoms with van der Waals surface area (Å²) in [6.45, 7) is 1.21. The molecule has 0 aromatic heterocycles. The molecule has 6 nitrogen and oxygen atoms in total. The van der Waals surface area contributed by atoms with Crippen LogP contribution in [-0.2, 0) is 9.59 Å². The van der Waals surface area contributed by atoms with Gasteiger partial charge < -0.3 is 20.5 Å². The standard InChI is InChI=1S/C12H15FN2O4/c1-7(16)15-10(12(17)18)6-14-8-3-4-9(13)11(5-8)19-2/h3-5,10,14H,6H2,1-2H3,(H,15,16)(H,17,18). The van der Waals surface area contributed by atoms with E-state index in [0.717, 1.165) is 0 Å². The van der Waals surface area contributed by atoms with Crippen LogP contribution in [0.4, 0.5) is 10.1 Å². The molecule has 1 rings (SSSR count). The van der Waals surface area contributed by atoms with Gasteiger partial charge in [0.2, 0.25) is 5.91 Å². The second kappa shape index (κ2) is 6.58. The van der Waals surface area contributed by atoms with Gasteiger partial charge in [-0.25, -0.2) is 9.18 Å². The number of carboxylic acids is 1. The van der Waals surface area contributed by atoms with Crippen molar-refractivity contribution < 1.29 is 23.8 Å². The summed E-state index contributed by atoms with van der Waals surface area (Å²) in [6.07, 6.45) is 0. The Morgan fingerprint density at radius 3 is 2.68 bits per heavy atom. The van der Waals surface area contributed by atoms with Gasteiger partial charge in [0.1, 0.15) is 6.04 Å². The third-order valence-electron chi connectivity index (χ3n) is 2.34. The summed E-state index contributed by atoms with van der Waals surface area (Å²) in [5.74, 6) is -2.05. The molecular weight excluding hydrogens is 255 g/mol. The number of benzene rings is 1. The number of carboxylic acid groups (broad SMARTS) is 1. The maximum Gasteiger partial charge on any atom is 0.328 e. The largest absolute Gasteiger partial charge is 0.494 e. The molecule has 0 bridgehead atoms. The van der Waals surface area contributed by atoms with Gasteiger partial charge in [0, 0.05) is 25.2 Å². The van der Waals surface area contributed by atoms with Crippen LogP contribution < -0.4 is 15.4 Å². The number of hydrogen-bond donors (Lipinski definition) is 3. The number of rotatable bonds is 6. The minimum Gasteiger partial charge on any atom is -0.494 e. The zero-order valence-electron chi connectivity index (χ0n) is 10.6. The van der Waals surface area contributed by atoms with Crippen LogP contribution in [0.3, 0.4) is 0 Å². The first kappa shape index (κ1) is 14.7. The summed E-state index contributed by atoms with van der Waals surface area (Å²) in [6, 6.07) is 3.00. The Labute approximate surface area is 109 Å². The van der Waals surface area contributed by atoms with E-state index < -0.39 is 23.7 Å². The average Bonchev–Trinajstić information content (AvgIpc) is 2.35. The van der Waals surface area contributed by atoms with E-state index in [1.165, 1.54) is 32.2 Å². The highest BCUT2D eigenvalue weighted by Gasteiger charge is 2.18. The molecule has 19 heavy (non-hydrogen) atoms. The summed E-state index contributed by atoms with van der Waals surface area (Å²) in [5.41, 5.74) is 0.495. The van der Waals surface area contributed by atoms with E-state index in [1.54, 1.807) is 0 Å². The number of nitrogens with one attached hydrogen (secondary N) is 2. The molecule has 1 aromatic rings. The number of carbonyl (C=O) groups is 2. The molecule has 0 aliphatic carbocycles. The van der Waals surface area contributed by atoms with Gasteiger partial charge in [-0.1, -0.05) is 0 Å². The minimum absolute atomic E-state index is 0.0241. The molecule has 0 heterocycles. The highest BCUT2D eigenvalue weighted by molar-refractivity contribution is 5.82. The fourth-order valence-corrected chi connectivity index (χ4v) is 1.44. The van der Waals surface area contributed by atoms with Crippen molar-refractivity contribution in [2.45, 2.75) is 13.0 Å². The lowest BCUT2D eigenvalue weighted by Gasteiger charge is -2.15. The monoisotopic (exact) mass is 270 g/mol. The first-order valence-corrected chi connectivity index (χ1v) is 5.51. The molecule has 0 fully saturated rings. The molecule has 0 radical (unpaired) electrons. The van der Waals surface area contributed by atoms with E-state index in [2.05, 4.69) is 10.6 Å². The Bertz CT molecular complexity index is 479. The summed E-state index contributed by atoms with van der Waals surface area (Å²) in [7, 11) is 1.33. The van der Waals surface area contributed by atoms with Crippen LogP contribution in [0.15, 0.2) is 18.2 Å². The van der Waals surface area contributed by atoms with E-state index in [0.29, 0.717) is 5.69 Å². The van der Waals surface area contributed by atoms with Crippen LogP contribution in [0.1, 0.15) is 6.92 Å². The van der Waals surface area contributed by atoms with Gasteiger partial charge in [0.05, 0.1) is 7.11 Å². The van der Waals surface area contributed by atoms with Crippen molar-refractivity contribution in [2.75, 3.05) is 19.0 Å². The maximum atomic E-state index is 13.2. The number of methoxy groups -OCH3 is 1.